The van der Waals surface area contributed by atoms with Crippen molar-refractivity contribution in [1.82, 2.24) is 15.2 Å². The second-order valence-electron chi connectivity index (χ2n) is 5.39. The molecule has 1 N–H and O–H groups in total. The molecule has 0 bridgehead atoms. The number of nitrogens with one attached hydrogen (secondary N) is 1. The third kappa shape index (κ3) is 3.93. The van der Waals surface area contributed by atoms with Gasteiger partial charge in [-0.15, -0.1) is 0 Å². The smallest absolute Gasteiger partial charge is 0.255 e. The highest BCUT2D eigenvalue weighted by atomic mass is 16.2. The maximum Gasteiger partial charge on any atom is 0.255 e. The highest BCUT2D eigenvalue weighted by Crippen LogP contribution is 2.14. The fraction of sp³-hybridized carbons (Fsp3) is 0.533. The Kier molecular flexibility index (Phi) is 5.14. The molecular weight excluding hydrogens is 268 g/mol. The Labute approximate surface area is 125 Å². The largest absolute Gasteiger partial charge is 0.362 e. The molecule has 1 aromatic rings. The molecular formula is C15H22N4O2. The van der Waals surface area contributed by atoms with Gasteiger partial charge in [-0.25, -0.2) is 4.98 Å². The zero-order chi connectivity index (χ0) is 15.2. The summed E-state index contributed by atoms with van der Waals surface area (Å²) in [5.41, 5.74) is 0.481. The molecule has 0 radical (unpaired) electrons. The highest BCUT2D eigenvalue weighted by molar-refractivity contribution is 6.00. The van der Waals surface area contributed by atoms with Gasteiger partial charge in [0.25, 0.3) is 5.91 Å². The molecule has 0 atom stereocenters. The molecule has 0 aliphatic carbocycles. The van der Waals surface area contributed by atoms with E-state index in [9.17, 15) is 9.59 Å². The Morgan fingerprint density at radius 3 is 2.67 bits per heavy atom. The minimum absolute atomic E-state index is 0.0154. The Balaban J connectivity index is 1.94. The van der Waals surface area contributed by atoms with Gasteiger partial charge in [0, 0.05) is 33.4 Å². The molecule has 2 heterocycles. The van der Waals surface area contributed by atoms with Crippen molar-refractivity contribution >= 4 is 17.6 Å². The van der Waals surface area contributed by atoms with Crippen LogP contribution in [0.3, 0.4) is 0 Å². The number of likely N-dealkylation sites (tertiary alicyclic amines) is 1. The summed E-state index contributed by atoms with van der Waals surface area (Å²) in [6.07, 6.45) is 4.92. The van der Waals surface area contributed by atoms with Crippen LogP contribution in [0, 0.1) is 0 Å². The lowest BCUT2D eigenvalue weighted by Crippen LogP contribution is -2.42. The Bertz CT molecular complexity index is 510. The normalized spacial score (nSPS) is 14.7. The van der Waals surface area contributed by atoms with Crippen molar-refractivity contribution < 1.29 is 9.59 Å². The molecule has 1 fully saturated rings. The van der Waals surface area contributed by atoms with Gasteiger partial charge < -0.3 is 15.1 Å². The van der Waals surface area contributed by atoms with Crippen LogP contribution in [0.4, 0.5) is 5.82 Å². The van der Waals surface area contributed by atoms with E-state index in [0.29, 0.717) is 11.4 Å². The predicted molar refractivity (Wildman–Crippen MR) is 81.3 cm³/mol. The number of piperidine rings is 1. The number of amides is 2. The molecule has 0 unspecified atom stereocenters. The van der Waals surface area contributed by atoms with Crippen molar-refractivity contribution in [1.29, 1.82) is 0 Å². The summed E-state index contributed by atoms with van der Waals surface area (Å²) in [5.74, 6) is 0.316. The molecule has 0 saturated carbocycles. The van der Waals surface area contributed by atoms with Gasteiger partial charge in [0.2, 0.25) is 5.91 Å². The molecule has 0 spiro atoms. The third-order valence-electron chi connectivity index (χ3n) is 3.56. The van der Waals surface area contributed by atoms with Crippen molar-refractivity contribution in [2.24, 2.45) is 0 Å². The Morgan fingerprint density at radius 2 is 2.00 bits per heavy atom. The van der Waals surface area contributed by atoms with Crippen LogP contribution in [0.15, 0.2) is 18.3 Å². The average molecular weight is 290 g/mol. The van der Waals surface area contributed by atoms with Crippen molar-refractivity contribution in [2.75, 3.05) is 38.6 Å². The van der Waals surface area contributed by atoms with Crippen LogP contribution < -0.4 is 10.2 Å². The number of hydrogen-bond acceptors (Lipinski definition) is 4. The Morgan fingerprint density at radius 1 is 1.29 bits per heavy atom. The van der Waals surface area contributed by atoms with Crippen LogP contribution in [0.2, 0.25) is 0 Å². The fourth-order valence-corrected chi connectivity index (χ4v) is 2.44. The molecule has 1 aliphatic heterocycles. The maximum atomic E-state index is 12.2. The Hall–Kier alpha value is -2.11. The van der Waals surface area contributed by atoms with E-state index in [0.717, 1.165) is 25.9 Å². The van der Waals surface area contributed by atoms with Crippen molar-refractivity contribution in [3.63, 3.8) is 0 Å². The predicted octanol–water partition coefficient (Wildman–Crippen LogP) is 0.890. The summed E-state index contributed by atoms with van der Waals surface area (Å²) < 4.78 is 0. The molecule has 21 heavy (non-hydrogen) atoms. The van der Waals surface area contributed by atoms with Crippen LogP contribution >= 0.6 is 0 Å². The topological polar surface area (TPSA) is 65.5 Å². The second kappa shape index (κ2) is 7.06. The van der Waals surface area contributed by atoms with Crippen LogP contribution in [0.1, 0.15) is 29.6 Å². The molecule has 2 amide bonds. The van der Waals surface area contributed by atoms with Crippen molar-refractivity contribution in [3.05, 3.63) is 23.9 Å². The molecule has 2 rings (SSSR count). The van der Waals surface area contributed by atoms with Crippen LogP contribution in [-0.4, -0.2) is 55.4 Å². The molecule has 114 valence electrons. The lowest BCUT2D eigenvalue weighted by Gasteiger charge is -2.26. The zero-order valence-electron chi connectivity index (χ0n) is 12.6. The minimum atomic E-state index is -0.267. The number of anilines is 1. The van der Waals surface area contributed by atoms with E-state index in [-0.39, 0.29) is 18.4 Å². The number of carbonyl (C=O) groups excluding carboxylic acids is 2. The summed E-state index contributed by atoms with van der Waals surface area (Å²) in [4.78, 5) is 32.0. The number of carbonyl (C=O) groups is 2. The van der Waals surface area contributed by atoms with E-state index in [1.165, 1.54) is 6.42 Å². The molecule has 6 heteroatoms. The molecule has 1 aliphatic rings. The first-order valence-corrected chi connectivity index (χ1v) is 7.28. The number of hydrogen-bond donors (Lipinski definition) is 1. The molecule has 1 aromatic heterocycles. The van der Waals surface area contributed by atoms with Gasteiger partial charge in [-0.3, -0.25) is 9.59 Å². The zero-order valence-corrected chi connectivity index (χ0v) is 12.6. The number of rotatable bonds is 4. The minimum Gasteiger partial charge on any atom is -0.362 e. The average Bonchev–Trinajstić information content (AvgIpc) is 2.53. The lowest BCUT2D eigenvalue weighted by atomic mass is 10.1. The van der Waals surface area contributed by atoms with Gasteiger partial charge in [0.15, 0.2) is 0 Å². The summed E-state index contributed by atoms with van der Waals surface area (Å²) >= 11 is 0. The van der Waals surface area contributed by atoms with Gasteiger partial charge in [0.05, 0.1) is 12.1 Å². The number of pyridine rings is 1. The lowest BCUT2D eigenvalue weighted by molar-refractivity contribution is -0.130. The fourth-order valence-electron chi connectivity index (χ4n) is 2.44. The van der Waals surface area contributed by atoms with Crippen LogP contribution in [0.25, 0.3) is 0 Å². The summed E-state index contributed by atoms with van der Waals surface area (Å²) in [6, 6.07) is 3.43. The number of nitrogens with zero attached hydrogens (tertiary/aromatic N) is 3. The maximum absolute atomic E-state index is 12.2. The molecule has 0 aromatic carbocycles. The van der Waals surface area contributed by atoms with Gasteiger partial charge in [-0.2, -0.15) is 0 Å². The molecule has 6 nitrogen and oxygen atoms in total. The van der Waals surface area contributed by atoms with Gasteiger partial charge in [0.1, 0.15) is 5.82 Å². The quantitative estimate of drug-likeness (QED) is 0.894. The summed E-state index contributed by atoms with van der Waals surface area (Å²) in [6.45, 7) is 1.63. The second-order valence-corrected chi connectivity index (χ2v) is 5.39. The van der Waals surface area contributed by atoms with E-state index in [2.05, 4.69) is 10.3 Å². The first-order chi connectivity index (χ1) is 10.1. The third-order valence-corrected chi connectivity index (χ3v) is 3.56. The van der Waals surface area contributed by atoms with Gasteiger partial charge in [-0.1, -0.05) is 0 Å². The van der Waals surface area contributed by atoms with Crippen LogP contribution in [0.5, 0.6) is 0 Å². The van der Waals surface area contributed by atoms with Crippen molar-refractivity contribution in [2.45, 2.75) is 19.3 Å². The molecule has 1 saturated heterocycles. The monoisotopic (exact) mass is 290 g/mol. The van der Waals surface area contributed by atoms with E-state index in [1.807, 2.05) is 19.0 Å². The van der Waals surface area contributed by atoms with E-state index >= 15 is 0 Å². The van der Waals surface area contributed by atoms with Crippen LogP contribution in [-0.2, 0) is 4.79 Å². The van der Waals surface area contributed by atoms with E-state index < -0.39 is 0 Å². The highest BCUT2D eigenvalue weighted by Gasteiger charge is 2.18. The standard InChI is InChI=1S/C15H22N4O2/c1-18(2)14-12(7-6-8-16-14)15(21)17-11-13(20)19-9-4-3-5-10-19/h6-8H,3-5,9-11H2,1-2H3,(H,17,21). The first kappa shape index (κ1) is 15.3. The first-order valence-electron chi connectivity index (χ1n) is 7.28. The summed E-state index contributed by atoms with van der Waals surface area (Å²) in [5, 5.41) is 2.69. The van der Waals surface area contributed by atoms with E-state index in [1.54, 1.807) is 23.2 Å². The van der Waals surface area contributed by atoms with Crippen molar-refractivity contribution in [3.8, 4) is 0 Å². The summed E-state index contributed by atoms with van der Waals surface area (Å²) in [7, 11) is 3.66. The number of aromatic nitrogens is 1. The van der Waals surface area contributed by atoms with Gasteiger partial charge >= 0.3 is 0 Å². The SMILES string of the molecule is CN(C)c1ncccc1C(=O)NCC(=O)N1CCCCC1. The van der Waals surface area contributed by atoms with E-state index in [4.69, 9.17) is 0 Å². The van der Waals surface area contributed by atoms with Gasteiger partial charge in [-0.05, 0) is 31.4 Å².